The number of nitrogens with two attached hydrogens (primary N) is 1. The molecular weight excluding hydrogens is 279 g/mol. The van der Waals surface area contributed by atoms with Crippen molar-refractivity contribution in [2.45, 2.75) is 31.7 Å². The maximum absolute atomic E-state index is 12.7. The number of carbonyl (C=O) groups excluding carboxylic acids is 2. The van der Waals surface area contributed by atoms with Crippen molar-refractivity contribution in [3.8, 4) is 0 Å². The molecule has 0 bridgehead atoms. The van der Waals surface area contributed by atoms with Gasteiger partial charge in [0, 0.05) is 12.8 Å². The van der Waals surface area contributed by atoms with Gasteiger partial charge in [0.1, 0.15) is 11.9 Å². The molecule has 1 aromatic carbocycles. The van der Waals surface area contributed by atoms with E-state index in [0.717, 1.165) is 5.56 Å². The third kappa shape index (κ3) is 6.51. The van der Waals surface area contributed by atoms with Gasteiger partial charge in [0.15, 0.2) is 0 Å². The first-order chi connectivity index (χ1) is 9.88. The lowest BCUT2D eigenvalue weighted by molar-refractivity contribution is -0.142. The highest BCUT2D eigenvalue weighted by atomic mass is 19.1. The second-order valence-corrected chi connectivity index (χ2v) is 4.59. The predicted octanol–water partition coefficient (Wildman–Crippen LogP) is 0.593. The van der Waals surface area contributed by atoms with Crippen molar-refractivity contribution in [3.05, 3.63) is 35.6 Å². The first-order valence-corrected chi connectivity index (χ1v) is 6.43. The van der Waals surface area contributed by atoms with Crippen LogP contribution in [-0.4, -0.2) is 28.9 Å². The molecule has 0 saturated carbocycles. The van der Waals surface area contributed by atoms with E-state index in [4.69, 9.17) is 10.8 Å². The first-order valence-electron chi connectivity index (χ1n) is 6.43. The molecule has 0 saturated heterocycles. The molecule has 2 amide bonds. The molecule has 0 radical (unpaired) electrons. The number of benzene rings is 1. The lowest BCUT2D eigenvalue weighted by Crippen LogP contribution is -2.41. The number of hydrogen-bond acceptors (Lipinski definition) is 3. The molecule has 21 heavy (non-hydrogen) atoms. The summed E-state index contributed by atoms with van der Waals surface area (Å²) in [6.07, 6.45) is 0.280. The topological polar surface area (TPSA) is 109 Å². The Bertz CT molecular complexity index is 516. The summed E-state index contributed by atoms with van der Waals surface area (Å²) >= 11 is 0. The Morgan fingerprint density at radius 3 is 2.33 bits per heavy atom. The number of hydrogen-bond donors (Lipinski definition) is 3. The molecule has 1 rings (SSSR count). The highest BCUT2D eigenvalue weighted by Crippen LogP contribution is 2.06. The second-order valence-electron chi connectivity index (χ2n) is 4.59. The number of primary amides is 1. The fourth-order valence-corrected chi connectivity index (χ4v) is 1.72. The molecule has 0 unspecified atom stereocenters. The van der Waals surface area contributed by atoms with Gasteiger partial charge < -0.3 is 16.2 Å². The molecule has 0 heterocycles. The fraction of sp³-hybridized carbons (Fsp3) is 0.357. The smallest absolute Gasteiger partial charge is 0.326 e. The lowest BCUT2D eigenvalue weighted by Gasteiger charge is -2.13. The summed E-state index contributed by atoms with van der Waals surface area (Å²) in [5.41, 5.74) is 5.72. The number of halogens is 1. The summed E-state index contributed by atoms with van der Waals surface area (Å²) in [5, 5.41) is 11.3. The van der Waals surface area contributed by atoms with Crippen LogP contribution in [0.5, 0.6) is 0 Å². The van der Waals surface area contributed by atoms with Crippen LogP contribution < -0.4 is 11.1 Å². The van der Waals surface area contributed by atoms with Crippen LogP contribution in [0.4, 0.5) is 4.39 Å². The van der Waals surface area contributed by atoms with Gasteiger partial charge in [-0.3, -0.25) is 9.59 Å². The van der Waals surface area contributed by atoms with Crippen molar-refractivity contribution < 1.29 is 23.9 Å². The number of amides is 2. The monoisotopic (exact) mass is 296 g/mol. The van der Waals surface area contributed by atoms with Crippen molar-refractivity contribution in [1.29, 1.82) is 0 Å². The molecule has 0 aliphatic heterocycles. The summed E-state index contributed by atoms with van der Waals surface area (Å²) in [4.78, 5) is 33.3. The Kier molecular flexibility index (Phi) is 6.32. The summed E-state index contributed by atoms with van der Waals surface area (Å²) in [5.74, 6) is -2.65. The van der Waals surface area contributed by atoms with Crippen LogP contribution in [0, 0.1) is 5.82 Å². The van der Waals surface area contributed by atoms with Crippen LogP contribution in [0.3, 0.4) is 0 Å². The summed E-state index contributed by atoms with van der Waals surface area (Å²) in [6, 6.07) is 4.56. The van der Waals surface area contributed by atoms with Gasteiger partial charge in [-0.05, 0) is 30.5 Å². The van der Waals surface area contributed by atoms with Crippen LogP contribution in [0.25, 0.3) is 0 Å². The molecule has 7 heteroatoms. The second kappa shape index (κ2) is 7.98. The van der Waals surface area contributed by atoms with Gasteiger partial charge in [-0.25, -0.2) is 9.18 Å². The van der Waals surface area contributed by atoms with Crippen LogP contribution in [0.15, 0.2) is 24.3 Å². The average Bonchev–Trinajstić information content (AvgIpc) is 2.42. The van der Waals surface area contributed by atoms with E-state index in [1.165, 1.54) is 12.1 Å². The quantitative estimate of drug-likeness (QED) is 0.652. The first kappa shape index (κ1) is 16.6. The van der Waals surface area contributed by atoms with Crippen molar-refractivity contribution in [2.75, 3.05) is 0 Å². The molecule has 1 atom stereocenters. The van der Waals surface area contributed by atoms with E-state index in [-0.39, 0.29) is 25.1 Å². The number of nitrogens with one attached hydrogen (secondary N) is 1. The van der Waals surface area contributed by atoms with Crippen molar-refractivity contribution in [2.24, 2.45) is 5.73 Å². The fourth-order valence-electron chi connectivity index (χ4n) is 1.72. The molecule has 0 aliphatic rings. The molecule has 0 aromatic heterocycles. The van der Waals surface area contributed by atoms with Crippen molar-refractivity contribution >= 4 is 17.8 Å². The van der Waals surface area contributed by atoms with E-state index >= 15 is 0 Å². The van der Waals surface area contributed by atoms with E-state index in [1.807, 2.05) is 0 Å². The Morgan fingerprint density at radius 2 is 1.81 bits per heavy atom. The van der Waals surface area contributed by atoms with Crippen LogP contribution in [-0.2, 0) is 20.8 Å². The summed E-state index contributed by atoms with van der Waals surface area (Å²) < 4.78 is 12.7. The largest absolute Gasteiger partial charge is 0.480 e. The predicted molar refractivity (Wildman–Crippen MR) is 72.7 cm³/mol. The van der Waals surface area contributed by atoms with Crippen molar-refractivity contribution in [3.63, 3.8) is 0 Å². The number of aliphatic carboxylic acids is 1. The van der Waals surface area contributed by atoms with Gasteiger partial charge in [-0.15, -0.1) is 0 Å². The number of carboxylic acids is 1. The Labute approximate surface area is 121 Å². The SMILES string of the molecule is NC(=O)CC[C@H](NC(=O)CCc1ccc(F)cc1)C(=O)O. The van der Waals surface area contributed by atoms with Gasteiger partial charge in [-0.1, -0.05) is 12.1 Å². The third-order valence-electron chi connectivity index (χ3n) is 2.87. The maximum atomic E-state index is 12.7. The van der Waals surface area contributed by atoms with Crippen molar-refractivity contribution in [1.82, 2.24) is 5.32 Å². The zero-order valence-corrected chi connectivity index (χ0v) is 11.3. The van der Waals surface area contributed by atoms with Gasteiger partial charge >= 0.3 is 5.97 Å². The third-order valence-corrected chi connectivity index (χ3v) is 2.87. The minimum absolute atomic E-state index is 0.0487. The maximum Gasteiger partial charge on any atom is 0.326 e. The highest BCUT2D eigenvalue weighted by Gasteiger charge is 2.20. The van der Waals surface area contributed by atoms with Gasteiger partial charge in [-0.2, -0.15) is 0 Å². The van der Waals surface area contributed by atoms with E-state index in [0.29, 0.717) is 6.42 Å². The van der Waals surface area contributed by atoms with E-state index < -0.39 is 23.8 Å². The normalized spacial score (nSPS) is 11.7. The average molecular weight is 296 g/mol. The summed E-state index contributed by atoms with van der Waals surface area (Å²) in [7, 11) is 0. The minimum atomic E-state index is -1.22. The number of carboxylic acid groups (broad SMARTS) is 1. The number of rotatable bonds is 8. The van der Waals surface area contributed by atoms with Gasteiger partial charge in [0.05, 0.1) is 0 Å². The molecule has 0 spiro atoms. The summed E-state index contributed by atoms with van der Waals surface area (Å²) in [6.45, 7) is 0. The van der Waals surface area contributed by atoms with E-state index in [9.17, 15) is 18.8 Å². The molecule has 114 valence electrons. The molecule has 4 N–H and O–H groups in total. The molecule has 1 aromatic rings. The van der Waals surface area contributed by atoms with Crippen LogP contribution >= 0.6 is 0 Å². The Balaban J connectivity index is 2.44. The van der Waals surface area contributed by atoms with Crippen LogP contribution in [0.1, 0.15) is 24.8 Å². The van der Waals surface area contributed by atoms with Crippen LogP contribution in [0.2, 0.25) is 0 Å². The molecule has 0 fully saturated rings. The zero-order valence-electron chi connectivity index (χ0n) is 11.3. The standard InChI is InChI=1S/C14H17FN2O4/c15-10-4-1-9(2-5-10)3-8-13(19)17-11(14(20)21)6-7-12(16)18/h1-2,4-5,11H,3,6-8H2,(H2,16,18)(H,17,19)(H,20,21)/t11-/m0/s1. The number of carbonyl (C=O) groups is 3. The highest BCUT2D eigenvalue weighted by molar-refractivity contribution is 5.84. The Morgan fingerprint density at radius 1 is 1.19 bits per heavy atom. The molecule has 0 aliphatic carbocycles. The zero-order chi connectivity index (χ0) is 15.8. The molecular formula is C14H17FN2O4. The lowest BCUT2D eigenvalue weighted by atomic mass is 10.1. The minimum Gasteiger partial charge on any atom is -0.480 e. The van der Waals surface area contributed by atoms with Gasteiger partial charge in [0.2, 0.25) is 11.8 Å². The molecule has 6 nitrogen and oxygen atoms in total. The number of aryl methyl sites for hydroxylation is 1. The van der Waals surface area contributed by atoms with E-state index in [2.05, 4.69) is 5.32 Å². The Hall–Kier alpha value is -2.44. The van der Waals surface area contributed by atoms with E-state index in [1.54, 1.807) is 12.1 Å². The van der Waals surface area contributed by atoms with Gasteiger partial charge in [0.25, 0.3) is 0 Å².